The fraction of sp³-hybridized carbons (Fsp3) is 0.318. The van der Waals surface area contributed by atoms with Crippen LogP contribution in [0.3, 0.4) is 0 Å². The highest BCUT2D eigenvalue weighted by molar-refractivity contribution is 6.08. The smallest absolute Gasteiger partial charge is 0.340 e. The fourth-order valence-electron chi connectivity index (χ4n) is 3.31. The van der Waals surface area contributed by atoms with Crippen molar-refractivity contribution in [3.63, 3.8) is 0 Å². The van der Waals surface area contributed by atoms with Gasteiger partial charge in [0.05, 0.1) is 11.3 Å². The van der Waals surface area contributed by atoms with Crippen molar-refractivity contribution in [1.29, 1.82) is 0 Å². The molecule has 1 N–H and O–H groups in total. The second-order valence-electron chi connectivity index (χ2n) is 6.87. The first kappa shape index (κ1) is 19.6. The molecule has 1 heterocycles. The Hall–Kier alpha value is -3.15. The highest BCUT2D eigenvalue weighted by atomic mass is 16.5. The Bertz CT molecular complexity index is 851. The zero-order valence-corrected chi connectivity index (χ0v) is 15.9. The predicted octanol–water partition coefficient (Wildman–Crippen LogP) is 3.50. The number of carbonyl (C=O) groups excluding carboxylic acids is 3. The molecule has 146 valence electrons. The van der Waals surface area contributed by atoms with Crippen molar-refractivity contribution in [3.8, 4) is 0 Å². The van der Waals surface area contributed by atoms with Gasteiger partial charge in [-0.1, -0.05) is 30.3 Å². The molecule has 1 fully saturated rings. The molecule has 28 heavy (non-hydrogen) atoms. The normalized spacial score (nSPS) is 16.3. The third-order valence-electron chi connectivity index (χ3n) is 4.88. The van der Waals surface area contributed by atoms with Gasteiger partial charge in [0.1, 0.15) is 0 Å². The molecule has 3 rings (SSSR count). The summed E-state index contributed by atoms with van der Waals surface area (Å²) in [5.41, 5.74) is 1.05. The van der Waals surface area contributed by atoms with Crippen LogP contribution in [0.5, 0.6) is 0 Å². The van der Waals surface area contributed by atoms with E-state index in [1.54, 1.807) is 53.4 Å². The minimum atomic E-state index is -0.637. The molecule has 1 atom stereocenters. The largest absolute Gasteiger partial charge is 0.452 e. The number of rotatable bonds is 5. The van der Waals surface area contributed by atoms with Crippen LogP contribution in [0.1, 0.15) is 46.9 Å². The van der Waals surface area contributed by atoms with Crippen LogP contribution in [-0.4, -0.2) is 41.9 Å². The molecule has 0 aliphatic carbocycles. The molecular formula is C22H24N2O4. The van der Waals surface area contributed by atoms with Crippen LogP contribution >= 0.6 is 0 Å². The van der Waals surface area contributed by atoms with Crippen LogP contribution in [-0.2, 0) is 9.53 Å². The van der Waals surface area contributed by atoms with E-state index < -0.39 is 5.97 Å². The molecule has 0 radical (unpaired) electrons. The van der Waals surface area contributed by atoms with E-state index >= 15 is 0 Å². The van der Waals surface area contributed by atoms with Gasteiger partial charge in [-0.3, -0.25) is 9.59 Å². The van der Waals surface area contributed by atoms with Crippen molar-refractivity contribution in [2.45, 2.75) is 32.2 Å². The van der Waals surface area contributed by atoms with Crippen molar-refractivity contribution in [2.75, 3.05) is 18.5 Å². The summed E-state index contributed by atoms with van der Waals surface area (Å²) in [6.07, 6.45) is 3.05. The second kappa shape index (κ2) is 9.17. The van der Waals surface area contributed by atoms with Gasteiger partial charge < -0.3 is 15.0 Å². The molecule has 0 bridgehead atoms. The number of hydrogen-bond acceptors (Lipinski definition) is 4. The highest BCUT2D eigenvalue weighted by Gasteiger charge is 2.24. The summed E-state index contributed by atoms with van der Waals surface area (Å²) in [6, 6.07) is 15.5. The molecule has 2 aromatic rings. The first-order valence-electron chi connectivity index (χ1n) is 9.48. The molecular weight excluding hydrogens is 356 g/mol. The summed E-state index contributed by atoms with van der Waals surface area (Å²) in [5, 5.41) is 2.73. The monoisotopic (exact) mass is 380 g/mol. The lowest BCUT2D eigenvalue weighted by Gasteiger charge is -2.33. The summed E-state index contributed by atoms with van der Waals surface area (Å²) < 4.78 is 5.24. The number of amides is 2. The Labute approximate surface area is 164 Å². The zero-order chi connectivity index (χ0) is 19.9. The van der Waals surface area contributed by atoms with Crippen LogP contribution < -0.4 is 5.32 Å². The molecule has 2 amide bonds. The van der Waals surface area contributed by atoms with Crippen molar-refractivity contribution in [3.05, 3.63) is 65.7 Å². The van der Waals surface area contributed by atoms with Crippen LogP contribution in [0, 0.1) is 0 Å². The van der Waals surface area contributed by atoms with Gasteiger partial charge in [0.2, 0.25) is 0 Å². The van der Waals surface area contributed by atoms with Crippen LogP contribution in [0.2, 0.25) is 0 Å². The fourth-order valence-corrected chi connectivity index (χ4v) is 3.31. The maximum atomic E-state index is 12.5. The maximum absolute atomic E-state index is 12.5. The molecule has 1 aliphatic rings. The minimum absolute atomic E-state index is 0.164. The van der Waals surface area contributed by atoms with E-state index in [-0.39, 0.29) is 30.0 Å². The summed E-state index contributed by atoms with van der Waals surface area (Å²) in [5.74, 6) is -1.15. The SMILES string of the molecule is C[C@H]1CCCCN1C(=O)COC(=O)c1ccccc1NC(=O)c1ccccc1. The number of esters is 1. The highest BCUT2D eigenvalue weighted by Crippen LogP contribution is 2.19. The Kier molecular flexibility index (Phi) is 6.42. The first-order valence-corrected chi connectivity index (χ1v) is 9.48. The average molecular weight is 380 g/mol. The maximum Gasteiger partial charge on any atom is 0.340 e. The molecule has 0 saturated carbocycles. The zero-order valence-electron chi connectivity index (χ0n) is 15.9. The number of para-hydroxylation sites is 1. The topological polar surface area (TPSA) is 75.7 Å². The number of likely N-dealkylation sites (tertiary alicyclic amines) is 1. The first-order chi connectivity index (χ1) is 13.6. The van der Waals surface area contributed by atoms with Gasteiger partial charge >= 0.3 is 5.97 Å². The number of ether oxygens (including phenoxy) is 1. The van der Waals surface area contributed by atoms with E-state index in [0.717, 1.165) is 19.3 Å². The Balaban J connectivity index is 1.64. The second-order valence-corrected chi connectivity index (χ2v) is 6.87. The van der Waals surface area contributed by atoms with E-state index in [0.29, 0.717) is 17.8 Å². The van der Waals surface area contributed by atoms with Gasteiger partial charge in [-0.05, 0) is 50.5 Å². The van der Waals surface area contributed by atoms with E-state index in [9.17, 15) is 14.4 Å². The predicted molar refractivity (Wildman–Crippen MR) is 106 cm³/mol. The van der Waals surface area contributed by atoms with Gasteiger partial charge in [0, 0.05) is 18.2 Å². The number of piperidine rings is 1. The molecule has 1 aliphatic heterocycles. The van der Waals surface area contributed by atoms with Gasteiger partial charge in [-0.25, -0.2) is 4.79 Å². The summed E-state index contributed by atoms with van der Waals surface area (Å²) in [7, 11) is 0. The number of hydrogen-bond donors (Lipinski definition) is 1. The number of nitrogens with one attached hydrogen (secondary N) is 1. The Morgan fingerprint density at radius 3 is 2.50 bits per heavy atom. The van der Waals surface area contributed by atoms with Crippen molar-refractivity contribution in [2.24, 2.45) is 0 Å². The van der Waals surface area contributed by atoms with Crippen LogP contribution in [0.4, 0.5) is 5.69 Å². The van der Waals surface area contributed by atoms with Crippen molar-refractivity contribution in [1.82, 2.24) is 4.90 Å². The Morgan fingerprint density at radius 2 is 1.75 bits per heavy atom. The minimum Gasteiger partial charge on any atom is -0.452 e. The molecule has 0 unspecified atom stereocenters. The van der Waals surface area contributed by atoms with Gasteiger partial charge in [-0.2, -0.15) is 0 Å². The number of anilines is 1. The van der Waals surface area contributed by atoms with E-state index in [1.807, 2.05) is 13.0 Å². The van der Waals surface area contributed by atoms with E-state index in [2.05, 4.69) is 5.32 Å². The van der Waals surface area contributed by atoms with Gasteiger partial charge in [0.15, 0.2) is 6.61 Å². The molecule has 1 saturated heterocycles. The summed E-state index contributed by atoms with van der Waals surface area (Å²) in [6.45, 7) is 2.40. The average Bonchev–Trinajstić information content (AvgIpc) is 2.73. The van der Waals surface area contributed by atoms with Gasteiger partial charge in [0.25, 0.3) is 11.8 Å². The number of carbonyl (C=O) groups is 3. The summed E-state index contributed by atoms with van der Waals surface area (Å²) in [4.78, 5) is 39.0. The van der Waals surface area contributed by atoms with Crippen molar-refractivity contribution < 1.29 is 19.1 Å². The lowest BCUT2D eigenvalue weighted by Crippen LogP contribution is -2.44. The summed E-state index contributed by atoms with van der Waals surface area (Å²) >= 11 is 0. The molecule has 2 aromatic carbocycles. The quantitative estimate of drug-likeness (QED) is 0.806. The molecule has 0 aromatic heterocycles. The lowest BCUT2D eigenvalue weighted by molar-refractivity contribution is -0.137. The molecule has 6 nitrogen and oxygen atoms in total. The molecule has 0 spiro atoms. The third kappa shape index (κ3) is 4.76. The van der Waals surface area contributed by atoms with Gasteiger partial charge in [-0.15, -0.1) is 0 Å². The standard InChI is InChI=1S/C22H24N2O4/c1-16-9-7-8-14-24(16)20(25)15-28-22(27)18-12-5-6-13-19(18)23-21(26)17-10-3-2-4-11-17/h2-6,10-13,16H,7-9,14-15H2,1H3,(H,23,26)/t16-/m0/s1. The lowest BCUT2D eigenvalue weighted by atomic mass is 10.0. The van der Waals surface area contributed by atoms with E-state index in [1.165, 1.54) is 0 Å². The van der Waals surface area contributed by atoms with E-state index in [4.69, 9.17) is 4.74 Å². The number of benzene rings is 2. The number of nitrogens with zero attached hydrogens (tertiary/aromatic N) is 1. The molecule has 6 heteroatoms. The Morgan fingerprint density at radius 1 is 1.04 bits per heavy atom. The third-order valence-corrected chi connectivity index (χ3v) is 4.88. The van der Waals surface area contributed by atoms with Crippen LogP contribution in [0.25, 0.3) is 0 Å². The van der Waals surface area contributed by atoms with Crippen LogP contribution in [0.15, 0.2) is 54.6 Å². The van der Waals surface area contributed by atoms with Crippen molar-refractivity contribution >= 4 is 23.5 Å².